The van der Waals surface area contributed by atoms with Gasteiger partial charge in [-0.2, -0.15) is 0 Å². The maximum absolute atomic E-state index is 12.0. The summed E-state index contributed by atoms with van der Waals surface area (Å²) >= 11 is 0. The average molecular weight is 307 g/mol. The minimum atomic E-state index is -0.573. The molecule has 1 aliphatic rings. The third-order valence-corrected chi connectivity index (χ3v) is 3.29. The Kier molecular flexibility index (Phi) is 6.21. The zero-order valence-corrected chi connectivity index (χ0v) is 12.7. The number of nitrogens with one attached hydrogen (secondary N) is 1. The Morgan fingerprint density at radius 1 is 1.36 bits per heavy atom. The zero-order chi connectivity index (χ0) is 15.8. The van der Waals surface area contributed by atoms with E-state index in [0.717, 1.165) is 19.4 Å². The first-order valence-corrected chi connectivity index (χ1v) is 7.48. The molecule has 0 spiro atoms. The average Bonchev–Trinajstić information content (AvgIpc) is 3.05. The summed E-state index contributed by atoms with van der Waals surface area (Å²) < 4.78 is 15.8. The Morgan fingerprint density at radius 3 is 2.91 bits per heavy atom. The van der Waals surface area contributed by atoms with Crippen molar-refractivity contribution in [3.8, 4) is 5.75 Å². The lowest BCUT2D eigenvalue weighted by Crippen LogP contribution is -2.34. The molecular formula is C16H21NO5. The van der Waals surface area contributed by atoms with E-state index in [2.05, 4.69) is 5.32 Å². The summed E-state index contributed by atoms with van der Waals surface area (Å²) in [6.45, 7) is 3.16. The molecular weight excluding hydrogens is 286 g/mol. The number of ether oxygens (including phenoxy) is 3. The first-order valence-electron chi connectivity index (χ1n) is 7.48. The number of esters is 1. The van der Waals surface area contributed by atoms with Crippen molar-refractivity contribution in [2.45, 2.75) is 25.9 Å². The van der Waals surface area contributed by atoms with Crippen molar-refractivity contribution in [2.75, 3.05) is 26.4 Å². The largest absolute Gasteiger partial charge is 0.493 e. The van der Waals surface area contributed by atoms with E-state index in [-0.39, 0.29) is 18.6 Å². The topological polar surface area (TPSA) is 73.9 Å². The quantitative estimate of drug-likeness (QED) is 0.773. The van der Waals surface area contributed by atoms with Crippen LogP contribution in [0, 0.1) is 0 Å². The van der Waals surface area contributed by atoms with Crippen molar-refractivity contribution in [2.24, 2.45) is 0 Å². The lowest BCUT2D eigenvalue weighted by molar-refractivity contribution is -0.124. The number of carbonyl (C=O) groups excluding carboxylic acids is 2. The fourth-order valence-corrected chi connectivity index (χ4v) is 2.21. The summed E-state index contributed by atoms with van der Waals surface area (Å²) in [4.78, 5) is 23.7. The van der Waals surface area contributed by atoms with Gasteiger partial charge in [0.05, 0.1) is 12.7 Å². The molecule has 0 saturated carbocycles. The molecule has 1 fully saturated rings. The number of carbonyl (C=O) groups is 2. The molecule has 0 radical (unpaired) electrons. The van der Waals surface area contributed by atoms with Gasteiger partial charge in [0.1, 0.15) is 11.3 Å². The highest BCUT2D eigenvalue weighted by atomic mass is 16.5. The molecule has 1 aliphatic heterocycles. The number of amides is 1. The molecule has 1 saturated heterocycles. The molecule has 6 nitrogen and oxygen atoms in total. The van der Waals surface area contributed by atoms with Gasteiger partial charge >= 0.3 is 5.97 Å². The molecule has 2 rings (SSSR count). The van der Waals surface area contributed by atoms with E-state index in [1.807, 2.05) is 6.92 Å². The molecule has 0 aromatic heterocycles. The lowest BCUT2D eigenvalue weighted by Gasteiger charge is -2.12. The van der Waals surface area contributed by atoms with Crippen molar-refractivity contribution >= 4 is 11.9 Å². The van der Waals surface area contributed by atoms with Crippen LogP contribution >= 0.6 is 0 Å². The van der Waals surface area contributed by atoms with E-state index in [9.17, 15) is 9.59 Å². The van der Waals surface area contributed by atoms with Crippen LogP contribution < -0.4 is 10.1 Å². The fourth-order valence-electron chi connectivity index (χ4n) is 2.21. The van der Waals surface area contributed by atoms with E-state index < -0.39 is 5.97 Å². The predicted octanol–water partition coefficient (Wildman–Crippen LogP) is 1.54. The predicted molar refractivity (Wildman–Crippen MR) is 79.9 cm³/mol. The van der Waals surface area contributed by atoms with Crippen LogP contribution in [0.4, 0.5) is 0 Å². The van der Waals surface area contributed by atoms with Crippen LogP contribution in [0.3, 0.4) is 0 Å². The van der Waals surface area contributed by atoms with Gasteiger partial charge in [0.2, 0.25) is 0 Å². The van der Waals surface area contributed by atoms with E-state index in [4.69, 9.17) is 14.2 Å². The van der Waals surface area contributed by atoms with Crippen LogP contribution in [0.15, 0.2) is 24.3 Å². The van der Waals surface area contributed by atoms with E-state index in [0.29, 0.717) is 24.5 Å². The maximum atomic E-state index is 12.0. The zero-order valence-electron chi connectivity index (χ0n) is 12.7. The van der Waals surface area contributed by atoms with Gasteiger partial charge in [-0.05, 0) is 31.9 Å². The van der Waals surface area contributed by atoms with Crippen LogP contribution in [0.1, 0.15) is 30.1 Å². The summed E-state index contributed by atoms with van der Waals surface area (Å²) in [6.07, 6.45) is 2.03. The summed E-state index contributed by atoms with van der Waals surface area (Å²) in [5, 5.41) is 2.70. The minimum Gasteiger partial charge on any atom is -0.493 e. The van der Waals surface area contributed by atoms with Crippen LogP contribution in [-0.2, 0) is 14.3 Å². The Bertz CT molecular complexity index is 511. The molecule has 1 N–H and O–H groups in total. The van der Waals surface area contributed by atoms with Gasteiger partial charge < -0.3 is 19.5 Å². The molecule has 1 heterocycles. The van der Waals surface area contributed by atoms with Crippen LogP contribution in [0.25, 0.3) is 0 Å². The number of hydrogen-bond acceptors (Lipinski definition) is 5. The Labute approximate surface area is 129 Å². The van der Waals surface area contributed by atoms with Gasteiger partial charge in [0.15, 0.2) is 6.61 Å². The van der Waals surface area contributed by atoms with Gasteiger partial charge in [0.25, 0.3) is 5.91 Å². The highest BCUT2D eigenvalue weighted by Crippen LogP contribution is 2.18. The normalized spacial score (nSPS) is 17.0. The molecule has 120 valence electrons. The fraction of sp³-hybridized carbons (Fsp3) is 0.500. The molecule has 6 heteroatoms. The van der Waals surface area contributed by atoms with Crippen LogP contribution in [0.5, 0.6) is 5.75 Å². The Balaban J connectivity index is 1.78. The minimum absolute atomic E-state index is 0.0679. The van der Waals surface area contributed by atoms with E-state index >= 15 is 0 Å². The summed E-state index contributed by atoms with van der Waals surface area (Å²) in [6, 6.07) is 6.79. The molecule has 1 amide bonds. The van der Waals surface area contributed by atoms with Crippen LogP contribution in [0.2, 0.25) is 0 Å². The molecule has 0 bridgehead atoms. The smallest absolute Gasteiger partial charge is 0.342 e. The molecule has 0 aliphatic carbocycles. The van der Waals surface area contributed by atoms with E-state index in [1.165, 1.54) is 0 Å². The second-order valence-corrected chi connectivity index (χ2v) is 4.94. The highest BCUT2D eigenvalue weighted by Gasteiger charge is 2.18. The van der Waals surface area contributed by atoms with Gasteiger partial charge in [0, 0.05) is 13.2 Å². The van der Waals surface area contributed by atoms with Crippen LogP contribution in [-0.4, -0.2) is 44.3 Å². The summed E-state index contributed by atoms with van der Waals surface area (Å²) in [5.41, 5.74) is 0.316. The second-order valence-electron chi connectivity index (χ2n) is 4.94. The maximum Gasteiger partial charge on any atom is 0.342 e. The van der Waals surface area contributed by atoms with Crippen molar-refractivity contribution in [1.82, 2.24) is 5.32 Å². The van der Waals surface area contributed by atoms with Crippen molar-refractivity contribution in [3.05, 3.63) is 29.8 Å². The standard InChI is InChI=1S/C16H21NO5/c1-2-20-14-8-4-3-7-13(14)16(19)22-11-15(18)17-10-12-6-5-9-21-12/h3-4,7-8,12H,2,5-6,9-11H2,1H3,(H,17,18)/t12-/m0/s1. The third kappa shape index (κ3) is 4.73. The lowest BCUT2D eigenvalue weighted by atomic mass is 10.2. The molecule has 0 unspecified atom stereocenters. The van der Waals surface area contributed by atoms with Crippen molar-refractivity contribution < 1.29 is 23.8 Å². The monoisotopic (exact) mass is 307 g/mol. The third-order valence-electron chi connectivity index (χ3n) is 3.29. The SMILES string of the molecule is CCOc1ccccc1C(=O)OCC(=O)NC[C@@H]1CCCO1. The van der Waals surface area contributed by atoms with E-state index in [1.54, 1.807) is 24.3 Å². The summed E-state index contributed by atoms with van der Waals surface area (Å²) in [7, 11) is 0. The highest BCUT2D eigenvalue weighted by molar-refractivity contribution is 5.93. The summed E-state index contributed by atoms with van der Waals surface area (Å²) in [5.74, 6) is -0.455. The van der Waals surface area contributed by atoms with Gasteiger partial charge in [-0.3, -0.25) is 4.79 Å². The van der Waals surface area contributed by atoms with Gasteiger partial charge in [-0.15, -0.1) is 0 Å². The first-order chi connectivity index (χ1) is 10.7. The number of hydrogen-bond donors (Lipinski definition) is 1. The Morgan fingerprint density at radius 2 is 2.18 bits per heavy atom. The van der Waals surface area contributed by atoms with Gasteiger partial charge in [-0.25, -0.2) is 4.79 Å². The second kappa shape index (κ2) is 8.38. The molecule has 1 aromatic rings. The molecule has 1 atom stereocenters. The first kappa shape index (κ1) is 16.3. The van der Waals surface area contributed by atoms with Crippen molar-refractivity contribution in [1.29, 1.82) is 0 Å². The van der Waals surface area contributed by atoms with Gasteiger partial charge in [-0.1, -0.05) is 12.1 Å². The molecule has 1 aromatic carbocycles. The molecule has 22 heavy (non-hydrogen) atoms. The Hall–Kier alpha value is -2.08. The number of benzene rings is 1. The number of para-hydroxylation sites is 1. The number of rotatable bonds is 7. The van der Waals surface area contributed by atoms with Crippen molar-refractivity contribution in [3.63, 3.8) is 0 Å².